The minimum absolute atomic E-state index is 0.182. The van der Waals surface area contributed by atoms with E-state index in [1.807, 2.05) is 0 Å². The van der Waals surface area contributed by atoms with Crippen molar-refractivity contribution in [1.82, 2.24) is 9.97 Å². The molecule has 0 unspecified atom stereocenters. The highest BCUT2D eigenvalue weighted by atomic mass is 16.5. The van der Waals surface area contributed by atoms with E-state index < -0.39 is 5.91 Å². The molecule has 2 rings (SSSR count). The van der Waals surface area contributed by atoms with Crippen LogP contribution in [0.1, 0.15) is 35.3 Å². The number of nitrogens with zero attached hydrogens (tertiary/aromatic N) is 2. The summed E-state index contributed by atoms with van der Waals surface area (Å²) >= 11 is 0. The number of primary amides is 1. The zero-order valence-corrected chi connectivity index (χ0v) is 10.3. The third-order valence-corrected chi connectivity index (χ3v) is 3.28. The number of nitrogen functional groups attached to an aromatic ring is 1. The van der Waals surface area contributed by atoms with Gasteiger partial charge >= 0.3 is 0 Å². The van der Waals surface area contributed by atoms with Crippen LogP contribution in [0.3, 0.4) is 0 Å². The number of amides is 1. The van der Waals surface area contributed by atoms with Crippen molar-refractivity contribution in [1.29, 1.82) is 0 Å². The lowest BCUT2D eigenvalue weighted by atomic mass is 9.93. The van der Waals surface area contributed by atoms with Crippen molar-refractivity contribution in [3.63, 3.8) is 0 Å². The number of aryl methyl sites for hydroxylation is 1. The van der Waals surface area contributed by atoms with Crippen LogP contribution >= 0.6 is 0 Å². The number of nitrogens with two attached hydrogens (primary N) is 2. The van der Waals surface area contributed by atoms with Gasteiger partial charge in [-0.05, 0) is 31.6 Å². The maximum Gasteiger partial charge on any atom is 0.252 e. The number of ether oxygens (including phenoxy) is 1. The minimum Gasteiger partial charge on any atom is -0.381 e. The number of hydrogen-bond donors (Lipinski definition) is 2. The van der Waals surface area contributed by atoms with Crippen LogP contribution in [0.2, 0.25) is 0 Å². The predicted molar refractivity (Wildman–Crippen MR) is 66.8 cm³/mol. The minimum atomic E-state index is -0.503. The van der Waals surface area contributed by atoms with Crippen LogP contribution in [-0.4, -0.2) is 29.1 Å². The lowest BCUT2D eigenvalue weighted by molar-refractivity contribution is 0.0639. The molecule has 0 saturated carbocycles. The van der Waals surface area contributed by atoms with Crippen LogP contribution in [0.15, 0.2) is 6.20 Å². The van der Waals surface area contributed by atoms with Gasteiger partial charge in [0.2, 0.25) is 5.95 Å². The number of rotatable bonds is 4. The molecule has 2 heterocycles. The van der Waals surface area contributed by atoms with Crippen molar-refractivity contribution in [3.05, 3.63) is 17.5 Å². The molecule has 4 N–H and O–H groups in total. The molecule has 0 radical (unpaired) electrons. The molecule has 0 bridgehead atoms. The maximum atomic E-state index is 11.3. The second-order valence-electron chi connectivity index (χ2n) is 4.55. The van der Waals surface area contributed by atoms with Gasteiger partial charge in [0.15, 0.2) is 0 Å². The Kier molecular flexibility index (Phi) is 4.09. The van der Waals surface area contributed by atoms with Gasteiger partial charge in [-0.2, -0.15) is 0 Å². The summed E-state index contributed by atoms with van der Waals surface area (Å²) in [5.74, 6) is 0.301. The summed E-state index contributed by atoms with van der Waals surface area (Å²) in [5, 5.41) is 0. The van der Waals surface area contributed by atoms with E-state index in [0.717, 1.165) is 32.5 Å². The van der Waals surface area contributed by atoms with Crippen molar-refractivity contribution < 1.29 is 9.53 Å². The highest BCUT2D eigenvalue weighted by molar-refractivity contribution is 5.93. The fourth-order valence-corrected chi connectivity index (χ4v) is 2.20. The fraction of sp³-hybridized carbons (Fsp3) is 0.583. The molecule has 1 aliphatic heterocycles. The second kappa shape index (κ2) is 5.77. The lowest BCUT2D eigenvalue weighted by Gasteiger charge is -2.21. The molecule has 0 aromatic carbocycles. The molecular weight excluding hydrogens is 232 g/mol. The van der Waals surface area contributed by atoms with Gasteiger partial charge in [-0.15, -0.1) is 0 Å². The first-order valence-corrected chi connectivity index (χ1v) is 6.15. The van der Waals surface area contributed by atoms with Gasteiger partial charge in [0.25, 0.3) is 5.91 Å². The Morgan fingerprint density at radius 2 is 2.17 bits per heavy atom. The SMILES string of the molecule is NC(=O)c1cnc(N)nc1CCC1CCOCC1. The monoisotopic (exact) mass is 250 g/mol. The molecule has 18 heavy (non-hydrogen) atoms. The predicted octanol–water partition coefficient (Wildman–Crippen LogP) is 0.517. The van der Waals surface area contributed by atoms with Crippen LogP contribution in [0, 0.1) is 5.92 Å². The van der Waals surface area contributed by atoms with Gasteiger partial charge in [0.1, 0.15) is 0 Å². The van der Waals surface area contributed by atoms with E-state index in [1.165, 1.54) is 6.20 Å². The Morgan fingerprint density at radius 1 is 1.44 bits per heavy atom. The van der Waals surface area contributed by atoms with E-state index in [2.05, 4.69) is 9.97 Å². The average Bonchev–Trinajstić information content (AvgIpc) is 2.37. The average molecular weight is 250 g/mol. The first-order chi connectivity index (χ1) is 8.66. The van der Waals surface area contributed by atoms with Crippen molar-refractivity contribution in [2.45, 2.75) is 25.7 Å². The standard InChI is InChI=1S/C12H18N4O2/c13-11(17)9-7-15-12(14)16-10(9)2-1-8-3-5-18-6-4-8/h7-8H,1-6H2,(H2,13,17)(H2,14,15,16). The van der Waals surface area contributed by atoms with Crippen molar-refractivity contribution in [3.8, 4) is 0 Å². The first-order valence-electron chi connectivity index (χ1n) is 6.15. The van der Waals surface area contributed by atoms with Crippen LogP contribution in [0.4, 0.5) is 5.95 Å². The summed E-state index contributed by atoms with van der Waals surface area (Å²) in [7, 11) is 0. The molecule has 6 heteroatoms. The quantitative estimate of drug-likeness (QED) is 0.810. The summed E-state index contributed by atoms with van der Waals surface area (Å²) in [4.78, 5) is 19.2. The molecule has 6 nitrogen and oxygen atoms in total. The van der Waals surface area contributed by atoms with Crippen molar-refractivity contribution in [2.75, 3.05) is 18.9 Å². The highest BCUT2D eigenvalue weighted by Crippen LogP contribution is 2.21. The smallest absolute Gasteiger partial charge is 0.252 e. The molecule has 1 fully saturated rings. The van der Waals surface area contributed by atoms with E-state index in [-0.39, 0.29) is 5.95 Å². The molecule has 1 saturated heterocycles. The van der Waals surface area contributed by atoms with E-state index in [4.69, 9.17) is 16.2 Å². The molecule has 0 spiro atoms. The number of carbonyl (C=O) groups is 1. The lowest BCUT2D eigenvalue weighted by Crippen LogP contribution is -2.19. The summed E-state index contributed by atoms with van der Waals surface area (Å²) < 4.78 is 5.31. The van der Waals surface area contributed by atoms with E-state index in [0.29, 0.717) is 23.6 Å². The van der Waals surface area contributed by atoms with Crippen molar-refractivity contribution >= 4 is 11.9 Å². The molecule has 1 aliphatic rings. The first kappa shape index (κ1) is 12.8. The van der Waals surface area contributed by atoms with E-state index in [9.17, 15) is 4.79 Å². The molecule has 0 aliphatic carbocycles. The van der Waals surface area contributed by atoms with E-state index in [1.54, 1.807) is 0 Å². The normalized spacial score (nSPS) is 16.7. The Labute approximate surface area is 106 Å². The molecule has 0 atom stereocenters. The molecular formula is C12H18N4O2. The highest BCUT2D eigenvalue weighted by Gasteiger charge is 2.16. The van der Waals surface area contributed by atoms with Crippen LogP contribution in [0.25, 0.3) is 0 Å². The van der Waals surface area contributed by atoms with Crippen LogP contribution in [0.5, 0.6) is 0 Å². The molecule has 1 aromatic heterocycles. The van der Waals surface area contributed by atoms with Gasteiger partial charge < -0.3 is 16.2 Å². The third-order valence-electron chi connectivity index (χ3n) is 3.28. The summed E-state index contributed by atoms with van der Waals surface area (Å²) in [6, 6.07) is 0. The molecule has 98 valence electrons. The maximum absolute atomic E-state index is 11.3. The van der Waals surface area contributed by atoms with Crippen molar-refractivity contribution in [2.24, 2.45) is 11.7 Å². The van der Waals surface area contributed by atoms with E-state index >= 15 is 0 Å². The summed E-state index contributed by atoms with van der Waals surface area (Å²) in [6.07, 6.45) is 5.21. The van der Waals surface area contributed by atoms with Gasteiger partial charge in [-0.1, -0.05) is 0 Å². The second-order valence-corrected chi connectivity index (χ2v) is 4.55. The number of aromatic nitrogens is 2. The zero-order chi connectivity index (χ0) is 13.0. The summed E-state index contributed by atoms with van der Waals surface area (Å²) in [6.45, 7) is 1.64. The Hall–Kier alpha value is -1.69. The Bertz CT molecular complexity index is 430. The number of anilines is 1. The largest absolute Gasteiger partial charge is 0.381 e. The fourth-order valence-electron chi connectivity index (χ4n) is 2.20. The number of carbonyl (C=O) groups excluding carboxylic acids is 1. The summed E-state index contributed by atoms with van der Waals surface area (Å²) in [5.41, 5.74) is 11.9. The molecule has 1 amide bonds. The number of hydrogen-bond acceptors (Lipinski definition) is 5. The van der Waals surface area contributed by atoms with Gasteiger partial charge in [-0.25, -0.2) is 9.97 Å². The van der Waals surface area contributed by atoms with Gasteiger partial charge in [0.05, 0.1) is 11.3 Å². The zero-order valence-electron chi connectivity index (χ0n) is 10.3. The van der Waals surface area contributed by atoms with Crippen LogP contribution in [-0.2, 0) is 11.2 Å². The van der Waals surface area contributed by atoms with Gasteiger partial charge in [0, 0.05) is 19.4 Å². The molecule has 1 aromatic rings. The third kappa shape index (κ3) is 3.16. The Balaban J connectivity index is 2.03. The van der Waals surface area contributed by atoms with Gasteiger partial charge in [-0.3, -0.25) is 4.79 Å². The topological polar surface area (TPSA) is 104 Å². The Morgan fingerprint density at radius 3 is 2.83 bits per heavy atom. The van der Waals surface area contributed by atoms with Crippen LogP contribution < -0.4 is 11.5 Å².